The smallest absolute Gasteiger partial charge is 0.126 e. The number of hydrogen-bond acceptors (Lipinski definition) is 1. The van der Waals surface area contributed by atoms with E-state index in [0.717, 1.165) is 5.56 Å². The maximum Gasteiger partial charge on any atom is 0.126 e. The van der Waals surface area contributed by atoms with Crippen LogP contribution in [0.25, 0.3) is 0 Å². The molecule has 0 saturated heterocycles. The van der Waals surface area contributed by atoms with E-state index in [1.165, 1.54) is 18.2 Å². The van der Waals surface area contributed by atoms with Crippen LogP contribution in [0.3, 0.4) is 0 Å². The first-order valence-electron chi connectivity index (χ1n) is 6.18. The molecule has 0 aliphatic carbocycles. The minimum atomic E-state index is -0.734. The monoisotopic (exact) mass is 261 g/mol. The third-order valence-electron chi connectivity index (χ3n) is 3.29. The van der Waals surface area contributed by atoms with Crippen molar-refractivity contribution in [2.75, 3.05) is 0 Å². The zero-order valence-corrected chi connectivity index (χ0v) is 11.1. The molecule has 2 N–H and O–H groups in total. The maximum atomic E-state index is 13.6. The summed E-state index contributed by atoms with van der Waals surface area (Å²) in [4.78, 5) is 0. The predicted octanol–water partition coefficient (Wildman–Crippen LogP) is 3.69. The van der Waals surface area contributed by atoms with Crippen molar-refractivity contribution in [2.45, 2.75) is 25.8 Å². The fourth-order valence-electron chi connectivity index (χ4n) is 2.12. The molecule has 100 valence electrons. The molecular weight excluding hydrogens is 244 g/mol. The summed E-state index contributed by atoms with van der Waals surface area (Å²) < 4.78 is 26.8. The summed E-state index contributed by atoms with van der Waals surface area (Å²) >= 11 is 0. The minimum absolute atomic E-state index is 0.270. The number of halogens is 2. The van der Waals surface area contributed by atoms with Gasteiger partial charge in [-0.1, -0.05) is 24.3 Å². The van der Waals surface area contributed by atoms with Gasteiger partial charge in [0.15, 0.2) is 0 Å². The summed E-state index contributed by atoms with van der Waals surface area (Å²) in [6.07, 6.45) is 0.452. The Morgan fingerprint density at radius 2 is 1.84 bits per heavy atom. The van der Waals surface area contributed by atoms with Gasteiger partial charge in [0.2, 0.25) is 0 Å². The first-order valence-corrected chi connectivity index (χ1v) is 6.18. The lowest BCUT2D eigenvalue weighted by Crippen LogP contribution is -2.35. The van der Waals surface area contributed by atoms with Gasteiger partial charge in [0.25, 0.3) is 0 Å². The molecule has 1 nitrogen and oxygen atoms in total. The first kappa shape index (κ1) is 13.7. The summed E-state index contributed by atoms with van der Waals surface area (Å²) in [6, 6.07) is 11.3. The number of rotatable bonds is 3. The van der Waals surface area contributed by atoms with E-state index >= 15 is 0 Å². The van der Waals surface area contributed by atoms with Crippen molar-refractivity contribution >= 4 is 0 Å². The van der Waals surface area contributed by atoms with Crippen molar-refractivity contribution < 1.29 is 8.78 Å². The molecule has 0 aromatic heterocycles. The number of benzene rings is 2. The topological polar surface area (TPSA) is 26.0 Å². The number of aryl methyl sites for hydroxylation is 1. The van der Waals surface area contributed by atoms with Crippen molar-refractivity contribution in [3.63, 3.8) is 0 Å². The molecule has 2 aromatic carbocycles. The third-order valence-corrected chi connectivity index (χ3v) is 3.29. The second-order valence-electron chi connectivity index (χ2n) is 5.19. The van der Waals surface area contributed by atoms with Crippen LogP contribution >= 0.6 is 0 Å². The summed E-state index contributed by atoms with van der Waals surface area (Å²) in [7, 11) is 0. The molecule has 0 fully saturated rings. The van der Waals surface area contributed by atoms with E-state index in [2.05, 4.69) is 0 Å². The van der Waals surface area contributed by atoms with E-state index in [9.17, 15) is 8.78 Å². The van der Waals surface area contributed by atoms with Crippen molar-refractivity contribution in [3.8, 4) is 0 Å². The Labute approximate surface area is 112 Å². The van der Waals surface area contributed by atoms with Gasteiger partial charge in [0, 0.05) is 5.54 Å². The molecular formula is C16H17F2N. The summed E-state index contributed by atoms with van der Waals surface area (Å²) in [5, 5.41) is 0. The Balaban J connectivity index is 2.29. The van der Waals surface area contributed by atoms with Gasteiger partial charge in [-0.25, -0.2) is 8.78 Å². The minimum Gasteiger partial charge on any atom is -0.321 e. The molecule has 0 heterocycles. The molecule has 19 heavy (non-hydrogen) atoms. The van der Waals surface area contributed by atoms with Gasteiger partial charge in [-0.2, -0.15) is 0 Å². The Kier molecular flexibility index (Phi) is 3.67. The van der Waals surface area contributed by atoms with E-state index < -0.39 is 5.54 Å². The second-order valence-corrected chi connectivity index (χ2v) is 5.19. The normalized spacial score (nSPS) is 14.2. The molecule has 0 bridgehead atoms. The molecule has 0 aliphatic rings. The van der Waals surface area contributed by atoms with Gasteiger partial charge in [-0.15, -0.1) is 0 Å². The summed E-state index contributed by atoms with van der Waals surface area (Å²) in [5.41, 5.74) is 7.61. The largest absolute Gasteiger partial charge is 0.321 e. The Hall–Kier alpha value is -1.74. The van der Waals surface area contributed by atoms with Crippen molar-refractivity contribution in [3.05, 3.63) is 70.8 Å². The Morgan fingerprint density at radius 1 is 1.11 bits per heavy atom. The average molecular weight is 261 g/mol. The summed E-state index contributed by atoms with van der Waals surface area (Å²) in [6.45, 7) is 3.53. The highest BCUT2D eigenvalue weighted by atomic mass is 19.1. The fraction of sp³-hybridized carbons (Fsp3) is 0.250. The van der Waals surface area contributed by atoms with E-state index in [1.807, 2.05) is 19.1 Å². The lowest BCUT2D eigenvalue weighted by molar-refractivity contribution is 0.484. The molecule has 1 unspecified atom stereocenters. The molecule has 2 rings (SSSR count). The quantitative estimate of drug-likeness (QED) is 0.896. The average Bonchev–Trinajstić information content (AvgIpc) is 2.32. The number of hydrogen-bond donors (Lipinski definition) is 1. The van der Waals surface area contributed by atoms with Gasteiger partial charge in [-0.05, 0) is 55.2 Å². The lowest BCUT2D eigenvalue weighted by atomic mass is 9.86. The van der Waals surface area contributed by atoms with Crippen LogP contribution in [-0.2, 0) is 12.0 Å². The second kappa shape index (κ2) is 5.10. The van der Waals surface area contributed by atoms with Crippen LogP contribution < -0.4 is 5.73 Å². The Bertz CT molecular complexity index is 591. The van der Waals surface area contributed by atoms with Gasteiger partial charge in [-0.3, -0.25) is 0 Å². The molecule has 0 amide bonds. The van der Waals surface area contributed by atoms with Crippen LogP contribution in [-0.4, -0.2) is 0 Å². The fourth-order valence-corrected chi connectivity index (χ4v) is 2.12. The van der Waals surface area contributed by atoms with E-state index in [-0.39, 0.29) is 11.6 Å². The lowest BCUT2D eigenvalue weighted by Gasteiger charge is -2.26. The van der Waals surface area contributed by atoms with Crippen LogP contribution in [0.15, 0.2) is 42.5 Å². The van der Waals surface area contributed by atoms with Crippen LogP contribution in [0.2, 0.25) is 0 Å². The standard InChI is InChI=1S/C16H17F2N/c1-11-6-7-13(9-15(11)18)16(2,19)10-12-4-3-5-14(17)8-12/h3-9H,10,19H2,1-2H3. The van der Waals surface area contributed by atoms with E-state index in [0.29, 0.717) is 17.5 Å². The van der Waals surface area contributed by atoms with Gasteiger partial charge < -0.3 is 5.73 Å². The number of nitrogens with two attached hydrogens (primary N) is 1. The molecule has 2 aromatic rings. The van der Waals surface area contributed by atoms with Crippen LogP contribution in [0.4, 0.5) is 8.78 Å². The summed E-state index contributed by atoms with van der Waals surface area (Å²) in [5.74, 6) is -0.559. The van der Waals surface area contributed by atoms with Gasteiger partial charge >= 0.3 is 0 Å². The van der Waals surface area contributed by atoms with Crippen molar-refractivity contribution in [2.24, 2.45) is 5.73 Å². The van der Waals surface area contributed by atoms with E-state index in [1.54, 1.807) is 19.1 Å². The third kappa shape index (κ3) is 3.18. The Morgan fingerprint density at radius 3 is 2.47 bits per heavy atom. The molecule has 1 atom stereocenters. The van der Waals surface area contributed by atoms with Crippen LogP contribution in [0, 0.1) is 18.6 Å². The molecule has 0 radical (unpaired) electrons. The molecule has 0 saturated carbocycles. The highest BCUT2D eigenvalue weighted by molar-refractivity contribution is 5.31. The molecule has 0 aliphatic heterocycles. The highest BCUT2D eigenvalue weighted by Gasteiger charge is 2.22. The molecule has 3 heteroatoms. The molecule has 0 spiro atoms. The van der Waals surface area contributed by atoms with Gasteiger partial charge in [0.05, 0.1) is 0 Å². The van der Waals surface area contributed by atoms with Crippen LogP contribution in [0.5, 0.6) is 0 Å². The van der Waals surface area contributed by atoms with Crippen LogP contribution in [0.1, 0.15) is 23.6 Å². The van der Waals surface area contributed by atoms with Crippen molar-refractivity contribution in [1.29, 1.82) is 0 Å². The SMILES string of the molecule is Cc1ccc(C(C)(N)Cc2cccc(F)c2)cc1F. The van der Waals surface area contributed by atoms with Gasteiger partial charge in [0.1, 0.15) is 11.6 Å². The predicted molar refractivity (Wildman–Crippen MR) is 72.8 cm³/mol. The highest BCUT2D eigenvalue weighted by Crippen LogP contribution is 2.24. The zero-order chi connectivity index (χ0) is 14.0. The first-order chi connectivity index (χ1) is 8.88. The zero-order valence-electron chi connectivity index (χ0n) is 11.1. The van der Waals surface area contributed by atoms with Crippen molar-refractivity contribution in [1.82, 2.24) is 0 Å². The maximum absolute atomic E-state index is 13.6. The van der Waals surface area contributed by atoms with E-state index in [4.69, 9.17) is 5.73 Å².